The van der Waals surface area contributed by atoms with Gasteiger partial charge < -0.3 is 25.0 Å². The maximum absolute atomic E-state index is 11.5. The summed E-state index contributed by atoms with van der Waals surface area (Å²) in [6, 6.07) is 6.94. The van der Waals surface area contributed by atoms with E-state index in [1.807, 2.05) is 0 Å². The molecule has 0 aliphatic rings. The van der Waals surface area contributed by atoms with Crippen molar-refractivity contribution < 1.29 is 24.5 Å². The lowest BCUT2D eigenvalue weighted by molar-refractivity contribution is 0.0110. The Labute approximate surface area is 131 Å². The second kappa shape index (κ2) is 8.00. The first kappa shape index (κ1) is 18.3. The maximum Gasteiger partial charge on any atom is 0.407 e. The molecule has 0 heterocycles. The molecule has 0 aliphatic carbocycles. The number of benzene rings is 1. The topological polar surface area (TPSA) is 88.0 Å². The molecule has 3 N–H and O–H groups in total. The van der Waals surface area contributed by atoms with Crippen molar-refractivity contribution in [2.45, 2.75) is 45.0 Å². The van der Waals surface area contributed by atoms with E-state index in [0.29, 0.717) is 11.3 Å². The Hall–Kier alpha value is -1.79. The molecule has 0 fully saturated rings. The van der Waals surface area contributed by atoms with Crippen molar-refractivity contribution in [2.24, 2.45) is 0 Å². The molecule has 1 aromatic carbocycles. The Bertz CT molecular complexity index is 484. The highest BCUT2D eigenvalue weighted by Gasteiger charge is 2.22. The van der Waals surface area contributed by atoms with E-state index >= 15 is 0 Å². The van der Waals surface area contributed by atoms with Gasteiger partial charge in [0.05, 0.1) is 13.2 Å². The molecular weight excluding hydrogens is 286 g/mol. The van der Waals surface area contributed by atoms with E-state index in [-0.39, 0.29) is 13.0 Å². The summed E-state index contributed by atoms with van der Waals surface area (Å²) in [5.74, 6) is 0.508. The number of nitrogens with one attached hydrogen (secondary N) is 1. The molecule has 6 heteroatoms. The third-order valence-corrected chi connectivity index (χ3v) is 2.93. The van der Waals surface area contributed by atoms with Gasteiger partial charge in [-0.1, -0.05) is 18.2 Å². The van der Waals surface area contributed by atoms with E-state index in [1.54, 1.807) is 45.0 Å². The van der Waals surface area contributed by atoms with Gasteiger partial charge in [-0.05, 0) is 33.3 Å². The number of para-hydroxylation sites is 1. The molecule has 0 radical (unpaired) electrons. The number of aliphatic hydroxyl groups excluding tert-OH is 2. The number of carbonyl (C=O) groups excluding carboxylic acids is 1. The minimum atomic E-state index is -1.09. The molecular formula is C16H25NO5. The summed E-state index contributed by atoms with van der Waals surface area (Å²) < 4.78 is 10.2. The molecule has 2 atom stereocenters. The van der Waals surface area contributed by atoms with Crippen molar-refractivity contribution in [3.05, 3.63) is 29.8 Å². The molecule has 1 amide bonds. The Kier molecular flexibility index (Phi) is 6.64. The fraction of sp³-hybridized carbons (Fsp3) is 0.562. The van der Waals surface area contributed by atoms with Crippen LogP contribution in [-0.4, -0.2) is 41.7 Å². The van der Waals surface area contributed by atoms with Crippen LogP contribution in [0.3, 0.4) is 0 Å². The van der Waals surface area contributed by atoms with Crippen LogP contribution in [0.2, 0.25) is 0 Å². The molecule has 0 aliphatic heterocycles. The highest BCUT2D eigenvalue weighted by Crippen LogP contribution is 2.27. The van der Waals surface area contributed by atoms with Crippen LogP contribution < -0.4 is 10.1 Å². The van der Waals surface area contributed by atoms with Crippen molar-refractivity contribution >= 4 is 6.09 Å². The number of amides is 1. The summed E-state index contributed by atoms with van der Waals surface area (Å²) >= 11 is 0. The number of aliphatic hydroxyl groups is 2. The lowest BCUT2D eigenvalue weighted by atomic mass is 10.0. The Morgan fingerprint density at radius 1 is 1.27 bits per heavy atom. The van der Waals surface area contributed by atoms with Gasteiger partial charge in [0.15, 0.2) is 0 Å². The van der Waals surface area contributed by atoms with E-state index in [4.69, 9.17) is 9.47 Å². The molecule has 0 aromatic heterocycles. The summed E-state index contributed by atoms with van der Waals surface area (Å²) in [5.41, 5.74) is -0.0608. The van der Waals surface area contributed by atoms with Crippen LogP contribution in [0, 0.1) is 0 Å². The van der Waals surface area contributed by atoms with Gasteiger partial charge in [-0.3, -0.25) is 0 Å². The lowest BCUT2D eigenvalue weighted by Gasteiger charge is -2.22. The minimum absolute atomic E-state index is 0.193. The van der Waals surface area contributed by atoms with Gasteiger partial charge in [0.2, 0.25) is 0 Å². The molecule has 0 spiro atoms. The third kappa shape index (κ3) is 5.91. The van der Waals surface area contributed by atoms with E-state index in [2.05, 4.69) is 5.32 Å². The quantitative estimate of drug-likeness (QED) is 0.748. The predicted molar refractivity (Wildman–Crippen MR) is 82.8 cm³/mol. The molecule has 124 valence electrons. The molecule has 0 saturated carbocycles. The van der Waals surface area contributed by atoms with E-state index in [0.717, 1.165) is 0 Å². The van der Waals surface area contributed by atoms with Gasteiger partial charge in [-0.15, -0.1) is 0 Å². The number of ether oxygens (including phenoxy) is 2. The molecule has 6 nitrogen and oxygen atoms in total. The third-order valence-electron chi connectivity index (χ3n) is 2.93. The van der Waals surface area contributed by atoms with Crippen LogP contribution in [0.5, 0.6) is 5.75 Å². The van der Waals surface area contributed by atoms with Gasteiger partial charge in [-0.25, -0.2) is 4.79 Å². The number of carbonyl (C=O) groups is 1. The molecule has 0 saturated heterocycles. The summed E-state index contributed by atoms with van der Waals surface area (Å²) in [7, 11) is 1.50. The molecule has 22 heavy (non-hydrogen) atoms. The zero-order chi connectivity index (χ0) is 16.8. The van der Waals surface area contributed by atoms with Gasteiger partial charge in [-0.2, -0.15) is 0 Å². The highest BCUT2D eigenvalue weighted by molar-refractivity contribution is 5.67. The first-order valence-electron chi connectivity index (χ1n) is 7.20. The molecule has 2 unspecified atom stereocenters. The largest absolute Gasteiger partial charge is 0.496 e. The fourth-order valence-corrected chi connectivity index (χ4v) is 1.91. The first-order valence-corrected chi connectivity index (χ1v) is 7.20. The van der Waals surface area contributed by atoms with E-state index < -0.39 is 23.9 Å². The Balaban J connectivity index is 2.48. The van der Waals surface area contributed by atoms with Crippen molar-refractivity contribution in [1.82, 2.24) is 5.32 Å². The number of hydrogen-bond acceptors (Lipinski definition) is 5. The second-order valence-electron chi connectivity index (χ2n) is 5.97. The van der Waals surface area contributed by atoms with Crippen LogP contribution in [0.1, 0.15) is 38.9 Å². The van der Waals surface area contributed by atoms with Gasteiger partial charge in [0.25, 0.3) is 0 Å². The van der Waals surface area contributed by atoms with E-state index in [1.165, 1.54) is 7.11 Å². The number of alkyl carbamates (subject to hydrolysis) is 1. The number of hydrogen-bond donors (Lipinski definition) is 3. The summed E-state index contributed by atoms with van der Waals surface area (Å²) in [4.78, 5) is 11.5. The van der Waals surface area contributed by atoms with Gasteiger partial charge in [0, 0.05) is 12.1 Å². The maximum atomic E-state index is 11.5. The lowest BCUT2D eigenvalue weighted by Crippen LogP contribution is -2.34. The summed E-state index contributed by atoms with van der Waals surface area (Å²) in [6.45, 7) is 5.51. The van der Waals surface area contributed by atoms with E-state index in [9.17, 15) is 15.0 Å². The standard InChI is InChI=1S/C16H25NO5/c1-16(2,3)22-15(20)17-10-9-12(18)14(19)11-7-5-6-8-13(11)21-4/h5-8,12,14,18-19H,9-10H2,1-4H3,(H,17,20). The van der Waals surface area contributed by atoms with Crippen molar-refractivity contribution in [1.29, 1.82) is 0 Å². The minimum Gasteiger partial charge on any atom is -0.496 e. The van der Waals surface area contributed by atoms with Crippen LogP contribution in [0.15, 0.2) is 24.3 Å². The normalized spacial score (nSPS) is 14.1. The van der Waals surface area contributed by atoms with Crippen LogP contribution in [0.25, 0.3) is 0 Å². The van der Waals surface area contributed by atoms with Crippen molar-refractivity contribution in [3.63, 3.8) is 0 Å². The highest BCUT2D eigenvalue weighted by atomic mass is 16.6. The van der Waals surface area contributed by atoms with Crippen molar-refractivity contribution in [2.75, 3.05) is 13.7 Å². The van der Waals surface area contributed by atoms with Crippen LogP contribution in [0.4, 0.5) is 4.79 Å². The van der Waals surface area contributed by atoms with Crippen LogP contribution >= 0.6 is 0 Å². The molecule has 1 aromatic rings. The van der Waals surface area contributed by atoms with Crippen molar-refractivity contribution in [3.8, 4) is 5.75 Å². The number of methoxy groups -OCH3 is 1. The summed E-state index contributed by atoms with van der Waals surface area (Å²) in [5, 5.41) is 22.8. The van der Waals surface area contributed by atoms with Gasteiger partial charge >= 0.3 is 6.09 Å². The number of rotatable bonds is 6. The van der Waals surface area contributed by atoms with Gasteiger partial charge in [0.1, 0.15) is 17.5 Å². The monoisotopic (exact) mass is 311 g/mol. The Morgan fingerprint density at radius 3 is 2.50 bits per heavy atom. The predicted octanol–water partition coefficient (Wildman–Crippen LogP) is 2.00. The second-order valence-corrected chi connectivity index (χ2v) is 5.97. The fourth-order valence-electron chi connectivity index (χ4n) is 1.91. The molecule has 0 bridgehead atoms. The zero-order valence-corrected chi connectivity index (χ0v) is 13.5. The first-order chi connectivity index (χ1) is 10.2. The average molecular weight is 311 g/mol. The SMILES string of the molecule is COc1ccccc1C(O)C(O)CCNC(=O)OC(C)(C)C. The smallest absolute Gasteiger partial charge is 0.407 e. The Morgan fingerprint density at radius 2 is 1.91 bits per heavy atom. The average Bonchev–Trinajstić information content (AvgIpc) is 2.44. The zero-order valence-electron chi connectivity index (χ0n) is 13.5. The summed E-state index contributed by atoms with van der Waals surface area (Å²) in [6.07, 6.45) is -2.47. The molecule has 1 rings (SSSR count). The van der Waals surface area contributed by atoms with Crippen LogP contribution in [-0.2, 0) is 4.74 Å².